The Labute approximate surface area is 302 Å². The Morgan fingerprint density at radius 2 is 1.88 bits per heavy atom. The molecule has 2 fully saturated rings. The lowest BCUT2D eigenvalue weighted by Crippen LogP contribution is -2.59. The van der Waals surface area contributed by atoms with Crippen LogP contribution in [0.4, 0.5) is 23.1 Å². The third kappa shape index (κ3) is 6.23. The summed E-state index contributed by atoms with van der Waals surface area (Å²) in [5.41, 5.74) is 5.29. The molecule has 52 heavy (non-hydrogen) atoms. The third-order valence-corrected chi connectivity index (χ3v) is 10.8. The molecule has 14 nitrogen and oxygen atoms in total. The first kappa shape index (κ1) is 34.0. The molecule has 0 saturated carbocycles. The molecule has 1 N–H and O–H groups in total. The number of fused-ring (bicyclic) bond motifs is 3. The predicted octanol–water partition coefficient (Wildman–Crippen LogP) is 3.54. The van der Waals surface area contributed by atoms with Crippen molar-refractivity contribution in [2.75, 3.05) is 54.5 Å². The summed E-state index contributed by atoms with van der Waals surface area (Å²) in [6.45, 7) is 13.4. The van der Waals surface area contributed by atoms with Gasteiger partial charge in [0.25, 0.3) is 11.5 Å². The number of piperazine rings is 1. The summed E-state index contributed by atoms with van der Waals surface area (Å²) in [6.07, 6.45) is 8.63. The number of aryl methyl sites for hydroxylation is 1. The molecule has 1 aliphatic carbocycles. The number of ether oxygens (including phenoxy) is 2. The quantitative estimate of drug-likeness (QED) is 0.269. The molecule has 14 heteroatoms. The molecule has 4 aromatic heterocycles. The van der Waals surface area contributed by atoms with Gasteiger partial charge in [-0.15, -0.1) is 0 Å². The number of carbonyl (C=O) groups is 2. The molecule has 1 atom stereocenters. The largest absolute Gasteiger partial charge is 0.461 e. The van der Waals surface area contributed by atoms with Crippen LogP contribution in [0, 0.1) is 5.41 Å². The van der Waals surface area contributed by atoms with Crippen LogP contribution < -0.4 is 20.7 Å². The summed E-state index contributed by atoms with van der Waals surface area (Å²) >= 11 is 0. The monoisotopic (exact) mass is 707 g/mol. The molecule has 4 aromatic rings. The number of aromatic nitrogens is 5. The van der Waals surface area contributed by atoms with E-state index in [9.17, 15) is 14.4 Å². The fraction of sp³-hybridized carbons (Fsp3) is 0.474. The van der Waals surface area contributed by atoms with E-state index in [1.54, 1.807) is 42.8 Å². The summed E-state index contributed by atoms with van der Waals surface area (Å²) in [7, 11) is 1.68. The van der Waals surface area contributed by atoms with Gasteiger partial charge in [-0.1, -0.05) is 13.8 Å². The lowest BCUT2D eigenvalue weighted by molar-refractivity contribution is -0.142. The minimum absolute atomic E-state index is 0.0943. The maximum absolute atomic E-state index is 14.1. The van der Waals surface area contributed by atoms with Gasteiger partial charge < -0.3 is 28.8 Å². The van der Waals surface area contributed by atoms with Crippen LogP contribution in [-0.4, -0.2) is 92.3 Å². The summed E-state index contributed by atoms with van der Waals surface area (Å²) in [6, 6.07) is 6.37. The second-order valence-corrected chi connectivity index (χ2v) is 15.2. The van der Waals surface area contributed by atoms with Crippen LogP contribution in [0.5, 0.6) is 0 Å². The second kappa shape index (κ2) is 13.2. The number of carbonyl (C=O) groups excluding carboxylic acids is 2. The van der Waals surface area contributed by atoms with Crippen molar-refractivity contribution in [1.82, 2.24) is 29.0 Å². The normalized spacial score (nSPS) is 20.0. The van der Waals surface area contributed by atoms with Crippen LogP contribution in [0.3, 0.4) is 0 Å². The zero-order chi connectivity index (χ0) is 36.3. The van der Waals surface area contributed by atoms with Crippen molar-refractivity contribution < 1.29 is 19.1 Å². The minimum Gasteiger partial charge on any atom is -0.461 e. The maximum Gasteiger partial charge on any atom is 0.302 e. The van der Waals surface area contributed by atoms with E-state index in [1.165, 1.54) is 22.7 Å². The van der Waals surface area contributed by atoms with Gasteiger partial charge in [-0.25, -0.2) is 15.0 Å². The molecule has 1 amide bonds. The van der Waals surface area contributed by atoms with Crippen LogP contribution in [0.25, 0.3) is 11.1 Å². The van der Waals surface area contributed by atoms with Gasteiger partial charge in [-0.05, 0) is 54.5 Å². The molecule has 7 heterocycles. The molecule has 1 unspecified atom stereocenters. The Hall–Kier alpha value is -5.08. The van der Waals surface area contributed by atoms with Crippen molar-refractivity contribution >= 4 is 35.0 Å². The Balaban J connectivity index is 1.07. The summed E-state index contributed by atoms with van der Waals surface area (Å²) in [5, 5.41) is 3.18. The number of nitrogens with zero attached hydrogens (tertiary/aromatic N) is 8. The van der Waals surface area contributed by atoms with Gasteiger partial charge in [-0.3, -0.25) is 24.2 Å². The van der Waals surface area contributed by atoms with E-state index in [4.69, 9.17) is 14.5 Å². The average molecular weight is 708 g/mol. The fourth-order valence-corrected chi connectivity index (χ4v) is 8.13. The van der Waals surface area contributed by atoms with Crippen LogP contribution in [0.15, 0.2) is 47.8 Å². The van der Waals surface area contributed by atoms with Crippen LogP contribution in [-0.2, 0) is 47.3 Å². The number of esters is 1. The Bertz CT molecular complexity index is 2100. The molecule has 0 aromatic carbocycles. The van der Waals surface area contributed by atoms with E-state index in [-0.39, 0.29) is 29.5 Å². The zero-order valence-electron chi connectivity index (χ0n) is 30.4. The first-order valence-corrected chi connectivity index (χ1v) is 18.0. The zero-order valence-corrected chi connectivity index (χ0v) is 30.4. The van der Waals surface area contributed by atoms with Gasteiger partial charge in [0.1, 0.15) is 35.4 Å². The number of pyridine rings is 2. The smallest absolute Gasteiger partial charge is 0.302 e. The van der Waals surface area contributed by atoms with Gasteiger partial charge in [0.2, 0.25) is 0 Å². The lowest BCUT2D eigenvalue weighted by atomic mass is 9.90. The Morgan fingerprint density at radius 3 is 2.60 bits per heavy atom. The standard InChI is InChI=1S/C38H45N9O5/c1-23-18-44(27-20-51-21-27)8-9-45(23)34-17-40-33(16-41-34)42-30-12-26(19-43(5)36(30)49)28-6-7-39-35(29(28)22-52-24(2)48)47-11-10-46-31(37(47)50)13-25-14-38(3,4)15-32(25)46/h6-7,12-13,16-17,19,23,27H,8-11,14-15,18,20-22H2,1-5H3,(H,40,42). The molecule has 0 spiro atoms. The molecule has 0 bridgehead atoms. The van der Waals surface area contributed by atoms with Crippen molar-refractivity contribution in [3.8, 4) is 11.1 Å². The topological polar surface area (TPSA) is 140 Å². The highest BCUT2D eigenvalue weighted by Crippen LogP contribution is 2.40. The van der Waals surface area contributed by atoms with Crippen LogP contribution in [0.1, 0.15) is 55.0 Å². The Kier molecular flexibility index (Phi) is 8.61. The first-order chi connectivity index (χ1) is 25.0. The highest BCUT2D eigenvalue weighted by Gasteiger charge is 2.38. The van der Waals surface area contributed by atoms with Gasteiger partial charge in [0.15, 0.2) is 0 Å². The maximum atomic E-state index is 14.1. The molecule has 0 radical (unpaired) electrons. The number of rotatable bonds is 8. The molecule has 4 aliphatic rings. The van der Waals surface area contributed by atoms with Gasteiger partial charge >= 0.3 is 5.97 Å². The minimum atomic E-state index is -0.451. The Morgan fingerprint density at radius 1 is 1.06 bits per heavy atom. The van der Waals surface area contributed by atoms with E-state index >= 15 is 0 Å². The third-order valence-electron chi connectivity index (χ3n) is 10.8. The van der Waals surface area contributed by atoms with Crippen molar-refractivity contribution in [3.05, 3.63) is 75.9 Å². The van der Waals surface area contributed by atoms with Crippen molar-refractivity contribution in [3.63, 3.8) is 0 Å². The van der Waals surface area contributed by atoms with Crippen molar-refractivity contribution in [2.24, 2.45) is 12.5 Å². The fourth-order valence-electron chi connectivity index (χ4n) is 8.13. The van der Waals surface area contributed by atoms with Crippen molar-refractivity contribution in [1.29, 1.82) is 0 Å². The highest BCUT2D eigenvalue weighted by atomic mass is 16.5. The van der Waals surface area contributed by atoms with E-state index in [0.717, 1.165) is 51.5 Å². The average Bonchev–Trinajstić information content (AvgIpc) is 3.57. The lowest BCUT2D eigenvalue weighted by Gasteiger charge is -2.46. The number of anilines is 4. The van der Waals surface area contributed by atoms with Crippen molar-refractivity contribution in [2.45, 2.75) is 65.8 Å². The van der Waals surface area contributed by atoms with Crippen LogP contribution >= 0.6 is 0 Å². The number of nitrogens with one attached hydrogen (secondary N) is 1. The summed E-state index contributed by atoms with van der Waals surface area (Å²) in [4.78, 5) is 59.9. The number of hydrogen-bond donors (Lipinski definition) is 1. The van der Waals surface area contributed by atoms with E-state index in [1.807, 2.05) is 12.1 Å². The molecule has 8 rings (SSSR count). The molecule has 2 saturated heterocycles. The molecule has 272 valence electrons. The predicted molar refractivity (Wildman–Crippen MR) is 196 cm³/mol. The second-order valence-electron chi connectivity index (χ2n) is 15.2. The van der Waals surface area contributed by atoms with E-state index in [2.05, 4.69) is 50.4 Å². The van der Waals surface area contributed by atoms with Crippen LogP contribution in [0.2, 0.25) is 0 Å². The van der Waals surface area contributed by atoms with E-state index < -0.39 is 5.97 Å². The summed E-state index contributed by atoms with van der Waals surface area (Å²) < 4.78 is 14.6. The molecular formula is C38H45N9O5. The van der Waals surface area contributed by atoms with E-state index in [0.29, 0.717) is 58.8 Å². The van der Waals surface area contributed by atoms with Gasteiger partial charge in [-0.2, -0.15) is 0 Å². The SMILES string of the molecule is CC(=O)OCc1c(-c2cc(Nc3cnc(N4CCN(C5COC5)CC4C)cn3)c(=O)n(C)c2)ccnc1N1CCn2c(cc3c2CC(C)(C)C3)C1=O. The molecule has 3 aliphatic heterocycles. The number of hydrogen-bond acceptors (Lipinski definition) is 11. The first-order valence-electron chi connectivity index (χ1n) is 18.0. The summed E-state index contributed by atoms with van der Waals surface area (Å²) in [5.74, 6) is 1.06. The van der Waals surface area contributed by atoms with Gasteiger partial charge in [0.05, 0.1) is 31.6 Å². The van der Waals surface area contributed by atoms with Gasteiger partial charge in [0, 0.05) is 82.0 Å². The molecular weight excluding hydrogens is 662 g/mol. The number of amides is 1. The highest BCUT2D eigenvalue weighted by molar-refractivity contribution is 6.06.